The summed E-state index contributed by atoms with van der Waals surface area (Å²) in [5.41, 5.74) is 0.184. The van der Waals surface area contributed by atoms with Crippen molar-refractivity contribution >= 4 is 5.69 Å². The molecule has 0 saturated heterocycles. The van der Waals surface area contributed by atoms with Gasteiger partial charge in [-0.25, -0.2) is 0 Å². The molecule has 0 spiro atoms. The number of rotatable bonds is 5. The van der Waals surface area contributed by atoms with Crippen LogP contribution >= 0.6 is 0 Å². The van der Waals surface area contributed by atoms with Crippen LogP contribution in [0.4, 0.5) is 5.69 Å². The van der Waals surface area contributed by atoms with Crippen LogP contribution in [-0.4, -0.2) is 23.4 Å². The zero-order valence-electron chi connectivity index (χ0n) is 10.4. The fraction of sp³-hybridized carbons (Fsp3) is 0.538. The van der Waals surface area contributed by atoms with Crippen LogP contribution in [-0.2, 0) is 0 Å². The maximum Gasteiger partial charge on any atom is 0.142 e. The summed E-state index contributed by atoms with van der Waals surface area (Å²) in [6, 6.07) is 7.75. The second kappa shape index (κ2) is 5.21. The molecule has 16 heavy (non-hydrogen) atoms. The first-order valence-electron chi connectivity index (χ1n) is 5.60. The molecule has 1 aromatic carbocycles. The van der Waals surface area contributed by atoms with Crippen molar-refractivity contribution in [3.63, 3.8) is 0 Å². The summed E-state index contributed by atoms with van der Waals surface area (Å²) in [6.07, 6.45) is 0.144. The van der Waals surface area contributed by atoms with Gasteiger partial charge in [-0.1, -0.05) is 12.1 Å². The minimum absolute atomic E-state index is 0.144. The zero-order chi connectivity index (χ0) is 12.2. The fourth-order valence-electron chi connectivity index (χ4n) is 1.28. The van der Waals surface area contributed by atoms with E-state index >= 15 is 0 Å². The average molecular weight is 223 g/mol. The predicted octanol–water partition coefficient (Wildman–Crippen LogP) is 2.66. The van der Waals surface area contributed by atoms with Crippen LogP contribution in [0.15, 0.2) is 24.3 Å². The van der Waals surface area contributed by atoms with Crippen molar-refractivity contribution in [2.24, 2.45) is 0 Å². The van der Waals surface area contributed by atoms with Gasteiger partial charge in [0.05, 0.1) is 17.4 Å². The molecule has 1 aromatic rings. The molecule has 0 fully saturated rings. The van der Waals surface area contributed by atoms with Gasteiger partial charge in [-0.2, -0.15) is 0 Å². The van der Waals surface area contributed by atoms with Gasteiger partial charge >= 0.3 is 0 Å². The van der Waals surface area contributed by atoms with E-state index in [0.717, 1.165) is 11.4 Å². The smallest absolute Gasteiger partial charge is 0.142 e. The number of hydrogen-bond donors (Lipinski definition) is 2. The number of benzene rings is 1. The van der Waals surface area contributed by atoms with Gasteiger partial charge in [0.1, 0.15) is 5.75 Å². The van der Waals surface area contributed by atoms with Crippen molar-refractivity contribution < 1.29 is 9.84 Å². The highest BCUT2D eigenvalue weighted by molar-refractivity contribution is 5.56. The molecule has 3 heteroatoms. The van der Waals surface area contributed by atoms with Crippen LogP contribution in [0.2, 0.25) is 0 Å². The SMILES string of the molecule is CC(C)Oc1ccccc1NCC(C)(C)O. The van der Waals surface area contributed by atoms with Gasteiger partial charge in [0.2, 0.25) is 0 Å². The molecule has 0 saturated carbocycles. The maximum absolute atomic E-state index is 9.65. The second-order valence-corrected chi connectivity index (χ2v) is 4.83. The van der Waals surface area contributed by atoms with Gasteiger partial charge in [0.25, 0.3) is 0 Å². The molecule has 1 rings (SSSR count). The lowest BCUT2D eigenvalue weighted by Gasteiger charge is -2.21. The largest absolute Gasteiger partial charge is 0.489 e. The van der Waals surface area contributed by atoms with Crippen molar-refractivity contribution in [1.82, 2.24) is 0 Å². The van der Waals surface area contributed by atoms with E-state index in [4.69, 9.17) is 4.74 Å². The number of aliphatic hydroxyl groups is 1. The Balaban J connectivity index is 2.71. The van der Waals surface area contributed by atoms with E-state index in [1.54, 1.807) is 13.8 Å². The van der Waals surface area contributed by atoms with Gasteiger partial charge < -0.3 is 15.2 Å². The Bertz CT molecular complexity index is 329. The van der Waals surface area contributed by atoms with E-state index in [1.807, 2.05) is 38.1 Å². The fourth-order valence-corrected chi connectivity index (χ4v) is 1.28. The van der Waals surface area contributed by atoms with Crippen LogP contribution in [0.5, 0.6) is 5.75 Å². The third-order valence-corrected chi connectivity index (χ3v) is 1.96. The molecule has 0 amide bonds. The lowest BCUT2D eigenvalue weighted by atomic mass is 10.1. The molecule has 0 radical (unpaired) electrons. The van der Waals surface area contributed by atoms with Crippen molar-refractivity contribution in [3.8, 4) is 5.75 Å². The van der Waals surface area contributed by atoms with Gasteiger partial charge in [-0.05, 0) is 39.8 Å². The van der Waals surface area contributed by atoms with Crippen molar-refractivity contribution in [3.05, 3.63) is 24.3 Å². The second-order valence-electron chi connectivity index (χ2n) is 4.83. The lowest BCUT2D eigenvalue weighted by molar-refractivity contribution is 0.0944. The number of nitrogens with one attached hydrogen (secondary N) is 1. The molecule has 0 unspecified atom stereocenters. The topological polar surface area (TPSA) is 41.5 Å². The normalized spacial score (nSPS) is 11.6. The van der Waals surface area contributed by atoms with Crippen molar-refractivity contribution in [1.29, 1.82) is 0 Å². The molecule has 90 valence electrons. The number of hydrogen-bond acceptors (Lipinski definition) is 3. The van der Waals surface area contributed by atoms with Crippen LogP contribution in [0.3, 0.4) is 0 Å². The Labute approximate surface area is 97.4 Å². The lowest BCUT2D eigenvalue weighted by Crippen LogP contribution is -2.29. The summed E-state index contributed by atoms with van der Waals surface area (Å²) in [5.74, 6) is 0.821. The molecular formula is C13H21NO2. The Kier molecular flexibility index (Phi) is 4.19. The molecule has 0 aliphatic rings. The third-order valence-electron chi connectivity index (χ3n) is 1.96. The Hall–Kier alpha value is -1.22. The van der Waals surface area contributed by atoms with Crippen LogP contribution in [0, 0.1) is 0 Å². The molecule has 0 heterocycles. The average Bonchev–Trinajstić information content (AvgIpc) is 2.14. The van der Waals surface area contributed by atoms with E-state index in [1.165, 1.54) is 0 Å². The number of ether oxygens (including phenoxy) is 1. The molecule has 0 aliphatic carbocycles. The molecule has 0 aliphatic heterocycles. The minimum atomic E-state index is -0.731. The highest BCUT2D eigenvalue weighted by Gasteiger charge is 2.13. The van der Waals surface area contributed by atoms with Crippen molar-refractivity contribution in [2.75, 3.05) is 11.9 Å². The van der Waals surface area contributed by atoms with Crippen LogP contribution in [0.25, 0.3) is 0 Å². The Morgan fingerprint density at radius 3 is 2.50 bits per heavy atom. The summed E-state index contributed by atoms with van der Waals surface area (Å²) in [6.45, 7) is 8.02. The first kappa shape index (κ1) is 12.8. The quantitative estimate of drug-likeness (QED) is 0.806. The van der Waals surface area contributed by atoms with E-state index in [2.05, 4.69) is 5.32 Å². The minimum Gasteiger partial charge on any atom is -0.489 e. The zero-order valence-corrected chi connectivity index (χ0v) is 10.4. The molecule has 2 N–H and O–H groups in total. The van der Waals surface area contributed by atoms with Crippen molar-refractivity contribution in [2.45, 2.75) is 39.4 Å². The summed E-state index contributed by atoms with van der Waals surface area (Å²) in [5, 5.41) is 12.8. The summed E-state index contributed by atoms with van der Waals surface area (Å²) in [4.78, 5) is 0. The van der Waals surface area contributed by atoms with Gasteiger partial charge in [0, 0.05) is 6.54 Å². The number of anilines is 1. The summed E-state index contributed by atoms with van der Waals surface area (Å²) in [7, 11) is 0. The highest BCUT2D eigenvalue weighted by Crippen LogP contribution is 2.25. The van der Waals surface area contributed by atoms with E-state index in [0.29, 0.717) is 6.54 Å². The van der Waals surface area contributed by atoms with Crippen LogP contribution in [0.1, 0.15) is 27.7 Å². The first-order chi connectivity index (χ1) is 7.38. The van der Waals surface area contributed by atoms with Gasteiger partial charge in [-0.3, -0.25) is 0 Å². The standard InChI is InChI=1S/C13H21NO2/c1-10(2)16-12-8-6-5-7-11(12)14-9-13(3,4)15/h5-8,10,14-15H,9H2,1-4H3. The van der Waals surface area contributed by atoms with E-state index in [9.17, 15) is 5.11 Å². The molecule has 3 nitrogen and oxygen atoms in total. The van der Waals surface area contributed by atoms with E-state index in [-0.39, 0.29) is 6.10 Å². The third kappa shape index (κ3) is 4.53. The Morgan fingerprint density at radius 2 is 1.94 bits per heavy atom. The molecular weight excluding hydrogens is 202 g/mol. The molecule has 0 atom stereocenters. The van der Waals surface area contributed by atoms with Gasteiger partial charge in [0.15, 0.2) is 0 Å². The molecule has 0 aromatic heterocycles. The monoisotopic (exact) mass is 223 g/mol. The predicted molar refractivity (Wildman–Crippen MR) is 67.0 cm³/mol. The highest BCUT2D eigenvalue weighted by atomic mass is 16.5. The number of para-hydroxylation sites is 2. The molecule has 0 bridgehead atoms. The van der Waals surface area contributed by atoms with E-state index < -0.39 is 5.60 Å². The van der Waals surface area contributed by atoms with Gasteiger partial charge in [-0.15, -0.1) is 0 Å². The summed E-state index contributed by atoms with van der Waals surface area (Å²) < 4.78 is 5.67. The van der Waals surface area contributed by atoms with Crippen LogP contribution < -0.4 is 10.1 Å². The summed E-state index contributed by atoms with van der Waals surface area (Å²) >= 11 is 0. The maximum atomic E-state index is 9.65. The first-order valence-corrected chi connectivity index (χ1v) is 5.60. The Morgan fingerprint density at radius 1 is 1.31 bits per heavy atom.